The number of rotatable bonds is 5. The van der Waals surface area contributed by atoms with Gasteiger partial charge in [-0.05, 0) is 65.9 Å². The smallest absolute Gasteiger partial charge is 0.348 e. The first-order valence-corrected chi connectivity index (χ1v) is 9.88. The number of fused-ring (bicyclic) bond motifs is 3. The highest BCUT2D eigenvalue weighted by atomic mass is 32.1. The van der Waals surface area contributed by atoms with Gasteiger partial charge in [-0.1, -0.05) is 12.1 Å². The third kappa shape index (κ3) is 4.00. The van der Waals surface area contributed by atoms with E-state index in [1.807, 2.05) is 24.3 Å². The summed E-state index contributed by atoms with van der Waals surface area (Å²) in [7, 11) is 1.64. The number of esters is 1. The quantitative estimate of drug-likeness (QED) is 0.630. The Morgan fingerprint density at radius 2 is 1.90 bits per heavy atom. The molecule has 1 aliphatic carbocycles. The van der Waals surface area contributed by atoms with Crippen LogP contribution in [0.15, 0.2) is 48.5 Å². The molecule has 0 saturated heterocycles. The maximum Gasteiger partial charge on any atom is 0.348 e. The van der Waals surface area contributed by atoms with Crippen molar-refractivity contribution in [3.63, 3.8) is 0 Å². The van der Waals surface area contributed by atoms with E-state index >= 15 is 0 Å². The number of methoxy groups -OCH3 is 1. The fourth-order valence-corrected chi connectivity index (χ4v) is 4.45. The first-order chi connectivity index (χ1) is 14.0. The van der Waals surface area contributed by atoms with Crippen molar-refractivity contribution in [2.24, 2.45) is 0 Å². The molecule has 1 N–H and O–H groups in total. The van der Waals surface area contributed by atoms with Crippen LogP contribution in [0.1, 0.15) is 20.8 Å². The van der Waals surface area contributed by atoms with Crippen molar-refractivity contribution in [2.75, 3.05) is 19.0 Å². The number of carbonyl (C=O) groups is 2. The maximum absolute atomic E-state index is 13.6. The van der Waals surface area contributed by atoms with Gasteiger partial charge < -0.3 is 14.8 Å². The predicted molar refractivity (Wildman–Crippen MR) is 109 cm³/mol. The number of halogens is 1. The summed E-state index contributed by atoms with van der Waals surface area (Å²) in [5, 5.41) is 2.39. The second kappa shape index (κ2) is 8.05. The van der Waals surface area contributed by atoms with Crippen molar-refractivity contribution < 1.29 is 23.5 Å². The number of nitrogens with one attached hydrogen (secondary N) is 1. The Labute approximate surface area is 171 Å². The lowest BCUT2D eigenvalue weighted by Crippen LogP contribution is -2.21. The van der Waals surface area contributed by atoms with Crippen molar-refractivity contribution in [3.05, 3.63) is 70.4 Å². The maximum atomic E-state index is 13.6. The highest BCUT2D eigenvalue weighted by molar-refractivity contribution is 7.17. The van der Waals surface area contributed by atoms with Gasteiger partial charge in [0.2, 0.25) is 0 Å². The molecule has 1 amide bonds. The molecule has 1 heterocycles. The zero-order valence-electron chi connectivity index (χ0n) is 15.7. The summed E-state index contributed by atoms with van der Waals surface area (Å²) in [4.78, 5) is 25.8. The Balaban J connectivity index is 1.43. The third-order valence-electron chi connectivity index (χ3n) is 4.71. The first kappa shape index (κ1) is 19.1. The second-order valence-electron chi connectivity index (χ2n) is 6.59. The van der Waals surface area contributed by atoms with Crippen LogP contribution in [0.4, 0.5) is 10.1 Å². The van der Waals surface area contributed by atoms with Crippen LogP contribution >= 0.6 is 11.3 Å². The second-order valence-corrected chi connectivity index (χ2v) is 7.64. The summed E-state index contributed by atoms with van der Waals surface area (Å²) in [5.41, 5.74) is 3.42. The van der Waals surface area contributed by atoms with Gasteiger partial charge in [0.05, 0.1) is 12.8 Å². The molecule has 0 aliphatic heterocycles. The zero-order valence-corrected chi connectivity index (χ0v) is 16.5. The number of thiophene rings is 1. The molecule has 2 aromatic carbocycles. The predicted octanol–water partition coefficient (Wildman–Crippen LogP) is 4.46. The van der Waals surface area contributed by atoms with Crippen LogP contribution in [-0.4, -0.2) is 25.6 Å². The summed E-state index contributed by atoms with van der Waals surface area (Å²) in [6.07, 6.45) is 1.70. The average molecular weight is 411 g/mol. The lowest BCUT2D eigenvalue weighted by molar-refractivity contribution is -0.119. The van der Waals surface area contributed by atoms with E-state index in [1.54, 1.807) is 13.2 Å². The molecule has 4 rings (SSSR count). The monoisotopic (exact) mass is 411 g/mol. The summed E-state index contributed by atoms with van der Waals surface area (Å²) in [6.45, 7) is -0.483. The fraction of sp³-hybridized carbons (Fsp3) is 0.182. The summed E-state index contributed by atoms with van der Waals surface area (Å²) < 4.78 is 24.0. The minimum Gasteiger partial charge on any atom is -0.497 e. The van der Waals surface area contributed by atoms with Crippen LogP contribution in [0.25, 0.3) is 10.4 Å². The number of aryl methyl sites for hydroxylation is 2. The van der Waals surface area contributed by atoms with Crippen molar-refractivity contribution in [2.45, 2.75) is 12.8 Å². The van der Waals surface area contributed by atoms with Gasteiger partial charge in [0.25, 0.3) is 5.91 Å². The van der Waals surface area contributed by atoms with Crippen molar-refractivity contribution >= 4 is 28.9 Å². The molecular formula is C22H18FNO4S. The molecule has 0 fully saturated rings. The SMILES string of the molecule is COc1ccc2c(c1)CCc1cc(C(=O)OCC(=O)Nc3ccccc3F)sc1-2. The summed E-state index contributed by atoms with van der Waals surface area (Å²) in [5.74, 6) is -0.900. The topological polar surface area (TPSA) is 64.6 Å². The number of ether oxygens (including phenoxy) is 2. The number of hydrogen-bond donors (Lipinski definition) is 1. The highest BCUT2D eigenvalue weighted by Gasteiger charge is 2.23. The molecule has 3 aromatic rings. The van der Waals surface area contributed by atoms with E-state index in [0.29, 0.717) is 4.88 Å². The molecule has 0 radical (unpaired) electrons. The van der Waals surface area contributed by atoms with E-state index < -0.39 is 24.3 Å². The van der Waals surface area contributed by atoms with Gasteiger partial charge in [-0.2, -0.15) is 0 Å². The van der Waals surface area contributed by atoms with Gasteiger partial charge in [-0.3, -0.25) is 4.79 Å². The van der Waals surface area contributed by atoms with Gasteiger partial charge in [-0.15, -0.1) is 11.3 Å². The Hall–Kier alpha value is -3.19. The van der Waals surface area contributed by atoms with Gasteiger partial charge in [0.1, 0.15) is 16.4 Å². The minimum absolute atomic E-state index is 0.0483. The van der Waals surface area contributed by atoms with E-state index in [4.69, 9.17) is 9.47 Å². The molecule has 0 unspecified atom stereocenters. The Bertz CT molecular complexity index is 1090. The van der Waals surface area contributed by atoms with E-state index in [9.17, 15) is 14.0 Å². The Kier molecular flexibility index (Phi) is 5.31. The normalized spacial score (nSPS) is 11.9. The molecule has 5 nitrogen and oxygen atoms in total. The summed E-state index contributed by atoms with van der Waals surface area (Å²) in [6, 6.07) is 13.6. The van der Waals surface area contributed by atoms with Gasteiger partial charge in [0, 0.05) is 4.88 Å². The molecule has 29 heavy (non-hydrogen) atoms. The van der Waals surface area contributed by atoms with E-state index in [2.05, 4.69) is 5.32 Å². The van der Waals surface area contributed by atoms with Crippen LogP contribution in [0.3, 0.4) is 0 Å². The van der Waals surface area contributed by atoms with E-state index in [0.717, 1.165) is 34.6 Å². The standard InChI is InChI=1S/C22H18FNO4S/c1-27-15-8-9-16-13(10-15)6-7-14-11-19(29-21(14)16)22(26)28-12-20(25)24-18-5-3-2-4-17(18)23/h2-5,8-11H,6-7,12H2,1H3,(H,24,25). The molecule has 0 atom stereocenters. The fourth-order valence-electron chi connectivity index (χ4n) is 3.29. The van der Waals surface area contributed by atoms with Crippen LogP contribution in [0.5, 0.6) is 5.75 Å². The largest absolute Gasteiger partial charge is 0.497 e. The number of para-hydroxylation sites is 1. The Morgan fingerprint density at radius 1 is 1.10 bits per heavy atom. The lowest BCUT2D eigenvalue weighted by atomic mass is 9.91. The molecular weight excluding hydrogens is 393 g/mol. The van der Waals surface area contributed by atoms with Crippen molar-refractivity contribution in [1.29, 1.82) is 0 Å². The molecule has 0 bridgehead atoms. The Morgan fingerprint density at radius 3 is 2.69 bits per heavy atom. The molecule has 1 aliphatic rings. The van der Waals surface area contributed by atoms with Crippen molar-refractivity contribution in [3.8, 4) is 16.2 Å². The zero-order chi connectivity index (χ0) is 20.4. The van der Waals surface area contributed by atoms with Crippen LogP contribution < -0.4 is 10.1 Å². The average Bonchev–Trinajstić information content (AvgIpc) is 3.18. The number of carbonyl (C=O) groups excluding carboxylic acids is 2. The van der Waals surface area contributed by atoms with Gasteiger partial charge >= 0.3 is 5.97 Å². The van der Waals surface area contributed by atoms with E-state index in [1.165, 1.54) is 35.1 Å². The molecule has 0 saturated carbocycles. The number of anilines is 1. The van der Waals surface area contributed by atoms with Gasteiger partial charge in [0.15, 0.2) is 6.61 Å². The van der Waals surface area contributed by atoms with Crippen molar-refractivity contribution in [1.82, 2.24) is 0 Å². The third-order valence-corrected chi connectivity index (χ3v) is 5.90. The summed E-state index contributed by atoms with van der Waals surface area (Å²) >= 11 is 1.35. The molecule has 0 spiro atoms. The lowest BCUT2D eigenvalue weighted by Gasteiger charge is -2.16. The number of benzene rings is 2. The number of hydrogen-bond acceptors (Lipinski definition) is 5. The van der Waals surface area contributed by atoms with Crippen LogP contribution in [0.2, 0.25) is 0 Å². The molecule has 7 heteroatoms. The number of amides is 1. The first-order valence-electron chi connectivity index (χ1n) is 9.06. The van der Waals surface area contributed by atoms with Crippen LogP contribution in [0, 0.1) is 5.82 Å². The molecule has 148 valence electrons. The highest BCUT2D eigenvalue weighted by Crippen LogP contribution is 2.41. The van der Waals surface area contributed by atoms with E-state index in [-0.39, 0.29) is 5.69 Å². The van der Waals surface area contributed by atoms with Crippen LogP contribution in [-0.2, 0) is 22.4 Å². The molecule has 1 aromatic heterocycles. The van der Waals surface area contributed by atoms with Gasteiger partial charge in [-0.25, -0.2) is 9.18 Å². The minimum atomic E-state index is -0.595.